The predicted molar refractivity (Wildman–Crippen MR) is 68.9 cm³/mol. The molecule has 0 saturated heterocycles. The van der Waals surface area contributed by atoms with Gasteiger partial charge in [0.2, 0.25) is 0 Å². The van der Waals surface area contributed by atoms with Crippen molar-refractivity contribution in [2.24, 2.45) is 5.92 Å². The van der Waals surface area contributed by atoms with Gasteiger partial charge in [0.05, 0.1) is 18.6 Å². The van der Waals surface area contributed by atoms with E-state index in [0.29, 0.717) is 0 Å². The topological polar surface area (TPSA) is 51.2 Å². The van der Waals surface area contributed by atoms with Crippen molar-refractivity contribution in [1.82, 2.24) is 10.3 Å². The molecule has 0 aliphatic heterocycles. The van der Waals surface area contributed by atoms with Crippen molar-refractivity contribution >= 4 is 17.3 Å². The minimum absolute atomic E-state index is 0.0290. The quantitative estimate of drug-likeness (QED) is 0.820. The molecule has 0 saturated carbocycles. The standard InChI is InChI=1S/C12H20N2O2S/c1-8(10(15)16-5)9(2)14-12(3,4)11-13-6-7-17-11/h6-9,14H,1-5H3. The van der Waals surface area contributed by atoms with Gasteiger partial charge in [0.1, 0.15) is 5.01 Å². The summed E-state index contributed by atoms with van der Waals surface area (Å²) in [6.45, 7) is 7.97. The highest BCUT2D eigenvalue weighted by Crippen LogP contribution is 2.23. The van der Waals surface area contributed by atoms with Crippen molar-refractivity contribution in [3.05, 3.63) is 16.6 Å². The molecule has 0 amide bonds. The first-order valence-corrected chi connectivity index (χ1v) is 6.52. The molecule has 0 bridgehead atoms. The van der Waals surface area contributed by atoms with E-state index in [1.54, 1.807) is 17.5 Å². The first kappa shape index (κ1) is 14.1. The lowest BCUT2D eigenvalue weighted by Crippen LogP contribution is -2.47. The SMILES string of the molecule is COC(=O)C(C)C(C)NC(C)(C)c1nccs1. The lowest BCUT2D eigenvalue weighted by Gasteiger charge is -2.30. The summed E-state index contributed by atoms with van der Waals surface area (Å²) in [4.78, 5) is 15.8. The Morgan fingerprint density at radius 2 is 2.18 bits per heavy atom. The van der Waals surface area contributed by atoms with E-state index in [1.165, 1.54) is 7.11 Å². The van der Waals surface area contributed by atoms with Crippen LogP contribution in [0.2, 0.25) is 0 Å². The van der Waals surface area contributed by atoms with Gasteiger partial charge >= 0.3 is 5.97 Å². The second kappa shape index (κ2) is 5.60. The van der Waals surface area contributed by atoms with Crippen molar-refractivity contribution in [2.45, 2.75) is 39.3 Å². The van der Waals surface area contributed by atoms with Gasteiger partial charge in [-0.3, -0.25) is 4.79 Å². The van der Waals surface area contributed by atoms with E-state index >= 15 is 0 Å². The summed E-state index contributed by atoms with van der Waals surface area (Å²) >= 11 is 1.61. The number of carbonyl (C=O) groups is 1. The summed E-state index contributed by atoms with van der Waals surface area (Å²) in [5.41, 5.74) is -0.240. The van der Waals surface area contributed by atoms with E-state index in [1.807, 2.05) is 19.2 Å². The average Bonchev–Trinajstić information content (AvgIpc) is 2.80. The van der Waals surface area contributed by atoms with E-state index in [4.69, 9.17) is 4.74 Å². The van der Waals surface area contributed by atoms with Crippen LogP contribution in [0.1, 0.15) is 32.7 Å². The Kier molecular flexibility index (Phi) is 4.65. The fourth-order valence-electron chi connectivity index (χ4n) is 1.68. The maximum Gasteiger partial charge on any atom is 0.309 e. The molecule has 4 nitrogen and oxygen atoms in total. The van der Waals surface area contributed by atoms with Crippen LogP contribution in [0.4, 0.5) is 0 Å². The van der Waals surface area contributed by atoms with E-state index in [0.717, 1.165) is 5.01 Å². The maximum atomic E-state index is 11.5. The third-order valence-corrected chi connectivity index (χ3v) is 3.98. The summed E-state index contributed by atoms with van der Waals surface area (Å²) in [5.74, 6) is -0.376. The van der Waals surface area contributed by atoms with Crippen LogP contribution in [0.5, 0.6) is 0 Å². The van der Waals surface area contributed by atoms with Gasteiger partial charge in [-0.05, 0) is 20.8 Å². The molecule has 96 valence electrons. The highest BCUT2D eigenvalue weighted by atomic mass is 32.1. The minimum Gasteiger partial charge on any atom is -0.469 e. The number of rotatable bonds is 5. The molecule has 0 aromatic carbocycles. The lowest BCUT2D eigenvalue weighted by atomic mass is 9.98. The van der Waals surface area contributed by atoms with Gasteiger partial charge in [-0.15, -0.1) is 11.3 Å². The largest absolute Gasteiger partial charge is 0.469 e. The molecule has 1 aromatic rings. The van der Waals surface area contributed by atoms with Crippen molar-refractivity contribution in [1.29, 1.82) is 0 Å². The van der Waals surface area contributed by atoms with Crippen LogP contribution in [0.3, 0.4) is 0 Å². The van der Waals surface area contributed by atoms with Crippen LogP contribution >= 0.6 is 11.3 Å². The summed E-state index contributed by atoms with van der Waals surface area (Å²) in [7, 11) is 1.41. The zero-order valence-electron chi connectivity index (χ0n) is 11.0. The maximum absolute atomic E-state index is 11.5. The Hall–Kier alpha value is -0.940. The minimum atomic E-state index is -0.240. The van der Waals surface area contributed by atoms with Crippen LogP contribution in [0.25, 0.3) is 0 Å². The Balaban J connectivity index is 2.68. The zero-order valence-corrected chi connectivity index (χ0v) is 11.8. The summed E-state index contributed by atoms with van der Waals surface area (Å²) in [6.07, 6.45) is 1.79. The number of methoxy groups -OCH3 is 1. The van der Waals surface area contributed by atoms with Gasteiger partial charge in [0.15, 0.2) is 0 Å². The van der Waals surface area contributed by atoms with Crippen LogP contribution < -0.4 is 5.32 Å². The summed E-state index contributed by atoms with van der Waals surface area (Å²) < 4.78 is 4.75. The highest BCUT2D eigenvalue weighted by Gasteiger charge is 2.29. The molecule has 2 atom stereocenters. The molecule has 0 aliphatic rings. The molecule has 2 unspecified atom stereocenters. The second-order valence-corrected chi connectivity index (χ2v) is 5.60. The molecule has 0 spiro atoms. The van der Waals surface area contributed by atoms with Crippen LogP contribution in [-0.2, 0) is 15.1 Å². The first-order chi connectivity index (χ1) is 7.88. The van der Waals surface area contributed by atoms with Crippen molar-refractivity contribution in [3.63, 3.8) is 0 Å². The van der Waals surface area contributed by atoms with Gasteiger partial charge in [-0.1, -0.05) is 6.92 Å². The monoisotopic (exact) mass is 256 g/mol. The van der Waals surface area contributed by atoms with E-state index in [-0.39, 0.29) is 23.5 Å². The van der Waals surface area contributed by atoms with Gasteiger partial charge in [0, 0.05) is 17.6 Å². The average molecular weight is 256 g/mol. The molecular weight excluding hydrogens is 236 g/mol. The molecule has 0 fully saturated rings. The zero-order chi connectivity index (χ0) is 13.1. The van der Waals surface area contributed by atoms with Gasteiger partial charge < -0.3 is 10.1 Å². The second-order valence-electron chi connectivity index (χ2n) is 4.71. The Morgan fingerprint density at radius 3 is 2.65 bits per heavy atom. The van der Waals surface area contributed by atoms with Gasteiger partial charge in [-0.2, -0.15) is 0 Å². The highest BCUT2D eigenvalue weighted by molar-refractivity contribution is 7.09. The molecule has 1 heterocycles. The number of nitrogens with zero attached hydrogens (tertiary/aromatic N) is 1. The molecular formula is C12H20N2O2S. The number of esters is 1. The number of hydrogen-bond acceptors (Lipinski definition) is 5. The fraction of sp³-hybridized carbons (Fsp3) is 0.667. The van der Waals surface area contributed by atoms with Gasteiger partial charge in [0.25, 0.3) is 0 Å². The van der Waals surface area contributed by atoms with E-state index < -0.39 is 0 Å². The smallest absolute Gasteiger partial charge is 0.309 e. The number of hydrogen-bond donors (Lipinski definition) is 1. The third kappa shape index (κ3) is 3.51. The molecule has 0 aliphatic carbocycles. The molecule has 1 N–H and O–H groups in total. The Morgan fingerprint density at radius 1 is 1.53 bits per heavy atom. The van der Waals surface area contributed by atoms with E-state index in [2.05, 4.69) is 24.1 Å². The molecule has 5 heteroatoms. The number of thiazole rings is 1. The van der Waals surface area contributed by atoms with Gasteiger partial charge in [-0.25, -0.2) is 4.98 Å². The molecule has 1 aromatic heterocycles. The summed E-state index contributed by atoms with van der Waals surface area (Å²) in [5, 5.41) is 6.39. The number of carbonyl (C=O) groups excluding carboxylic acids is 1. The van der Waals surface area contributed by atoms with Crippen molar-refractivity contribution < 1.29 is 9.53 Å². The van der Waals surface area contributed by atoms with Crippen molar-refractivity contribution in [2.75, 3.05) is 7.11 Å². The fourth-order valence-corrected chi connectivity index (χ4v) is 2.40. The molecule has 17 heavy (non-hydrogen) atoms. The number of nitrogens with one attached hydrogen (secondary N) is 1. The normalized spacial score (nSPS) is 15.4. The summed E-state index contributed by atoms with van der Waals surface area (Å²) in [6, 6.07) is 0.0290. The number of ether oxygens (including phenoxy) is 1. The lowest BCUT2D eigenvalue weighted by molar-refractivity contribution is -0.145. The third-order valence-electron chi connectivity index (χ3n) is 2.88. The predicted octanol–water partition coefficient (Wildman–Crippen LogP) is 2.17. The van der Waals surface area contributed by atoms with E-state index in [9.17, 15) is 4.79 Å². The Bertz CT molecular complexity index is 363. The van der Waals surface area contributed by atoms with Crippen LogP contribution in [-0.4, -0.2) is 24.1 Å². The Labute approximate surface area is 106 Å². The van der Waals surface area contributed by atoms with Crippen molar-refractivity contribution in [3.8, 4) is 0 Å². The first-order valence-electron chi connectivity index (χ1n) is 5.64. The van der Waals surface area contributed by atoms with Crippen LogP contribution in [0, 0.1) is 5.92 Å². The molecule has 1 rings (SSSR count). The molecule has 0 radical (unpaired) electrons. The number of aromatic nitrogens is 1. The van der Waals surface area contributed by atoms with Crippen LogP contribution in [0.15, 0.2) is 11.6 Å².